The molecular weight excluding hydrogens is 219 g/mol. The first-order chi connectivity index (χ1) is 7.17. The van der Waals surface area contributed by atoms with Crippen molar-refractivity contribution < 1.29 is 14.3 Å². The van der Waals surface area contributed by atoms with E-state index in [1.54, 1.807) is 0 Å². The van der Waals surface area contributed by atoms with E-state index in [0.717, 1.165) is 0 Å². The second-order valence-corrected chi connectivity index (χ2v) is 10.8. The molecule has 0 amide bonds. The van der Waals surface area contributed by atoms with Crippen LogP contribution in [0.2, 0.25) is 18.1 Å². The van der Waals surface area contributed by atoms with Gasteiger partial charge in [0.15, 0.2) is 8.32 Å². The normalized spacial score (nSPS) is 32.0. The first kappa shape index (κ1) is 14.2. The van der Waals surface area contributed by atoms with Gasteiger partial charge < -0.3 is 14.3 Å². The Hall–Kier alpha value is 0.162. The predicted octanol–water partition coefficient (Wildman–Crippen LogP) is 1.65. The standard InChI is InChI=1S/C11H23BO3Si/c1-11(2,3)16(4,5)15-8-6-10(12)14-9(8)7-13/h8-10,13H,6-7H2,1-5H3/t8-,9-,10-/m1/s1. The topological polar surface area (TPSA) is 38.7 Å². The zero-order chi connectivity index (χ0) is 12.6. The molecule has 1 rings (SSSR count). The quantitative estimate of drug-likeness (QED) is 0.765. The van der Waals surface area contributed by atoms with Crippen molar-refractivity contribution in [2.45, 2.75) is 63.5 Å². The average molecular weight is 242 g/mol. The number of rotatable bonds is 3. The van der Waals surface area contributed by atoms with Gasteiger partial charge in [-0.2, -0.15) is 0 Å². The summed E-state index contributed by atoms with van der Waals surface area (Å²) in [5.74, 6) is 0. The molecule has 0 bridgehead atoms. The van der Waals surface area contributed by atoms with Crippen molar-refractivity contribution in [3.05, 3.63) is 0 Å². The van der Waals surface area contributed by atoms with E-state index in [4.69, 9.17) is 17.0 Å². The lowest BCUT2D eigenvalue weighted by atomic mass is 9.96. The van der Waals surface area contributed by atoms with E-state index in [2.05, 4.69) is 33.9 Å². The predicted molar refractivity (Wildman–Crippen MR) is 68.2 cm³/mol. The van der Waals surface area contributed by atoms with Crippen molar-refractivity contribution >= 4 is 16.2 Å². The van der Waals surface area contributed by atoms with Crippen LogP contribution in [0.3, 0.4) is 0 Å². The lowest BCUT2D eigenvalue weighted by Crippen LogP contribution is -2.46. The second-order valence-electron chi connectivity index (χ2n) is 6.05. The molecule has 0 aromatic rings. The zero-order valence-corrected chi connectivity index (χ0v) is 12.0. The van der Waals surface area contributed by atoms with Gasteiger partial charge >= 0.3 is 0 Å². The molecule has 0 aromatic carbocycles. The third kappa shape index (κ3) is 3.09. The van der Waals surface area contributed by atoms with Gasteiger partial charge in [-0.1, -0.05) is 20.8 Å². The van der Waals surface area contributed by atoms with Crippen LogP contribution in [0.15, 0.2) is 0 Å². The van der Waals surface area contributed by atoms with E-state index in [-0.39, 0.29) is 29.9 Å². The molecule has 3 atom stereocenters. The Kier molecular flexibility index (Phi) is 4.27. The maximum absolute atomic E-state index is 9.21. The van der Waals surface area contributed by atoms with E-state index in [0.29, 0.717) is 6.42 Å². The molecule has 5 heteroatoms. The molecule has 1 fully saturated rings. The van der Waals surface area contributed by atoms with Crippen molar-refractivity contribution in [3.63, 3.8) is 0 Å². The molecule has 0 spiro atoms. The minimum Gasteiger partial charge on any atom is -0.411 e. The molecule has 1 aliphatic heterocycles. The molecule has 16 heavy (non-hydrogen) atoms. The van der Waals surface area contributed by atoms with Gasteiger partial charge in [0.25, 0.3) is 0 Å². The first-order valence-electron chi connectivity index (χ1n) is 5.87. The molecule has 1 N–H and O–H groups in total. The molecule has 1 saturated heterocycles. The highest BCUT2D eigenvalue weighted by molar-refractivity contribution is 6.74. The Balaban J connectivity index is 2.66. The Bertz CT molecular complexity index is 240. The lowest BCUT2D eigenvalue weighted by molar-refractivity contribution is -0.000169. The monoisotopic (exact) mass is 242 g/mol. The smallest absolute Gasteiger partial charge is 0.192 e. The molecule has 92 valence electrons. The van der Waals surface area contributed by atoms with Gasteiger partial charge in [-0.25, -0.2) is 0 Å². The third-order valence-electron chi connectivity index (χ3n) is 3.66. The largest absolute Gasteiger partial charge is 0.411 e. The summed E-state index contributed by atoms with van der Waals surface area (Å²) in [4.78, 5) is 0. The van der Waals surface area contributed by atoms with E-state index in [9.17, 15) is 5.11 Å². The number of hydrogen-bond acceptors (Lipinski definition) is 3. The number of aliphatic hydroxyl groups is 1. The van der Waals surface area contributed by atoms with Crippen molar-refractivity contribution in [2.75, 3.05) is 6.61 Å². The zero-order valence-electron chi connectivity index (χ0n) is 11.0. The van der Waals surface area contributed by atoms with Crippen molar-refractivity contribution in [1.82, 2.24) is 0 Å². The number of aliphatic hydroxyl groups excluding tert-OH is 1. The minimum absolute atomic E-state index is 0.0208. The fourth-order valence-corrected chi connectivity index (χ4v) is 2.95. The molecular formula is C11H23BO3Si. The number of hydrogen-bond donors (Lipinski definition) is 1. The summed E-state index contributed by atoms with van der Waals surface area (Å²) < 4.78 is 11.6. The molecule has 0 saturated carbocycles. The van der Waals surface area contributed by atoms with Gasteiger partial charge in [-0.3, -0.25) is 0 Å². The highest BCUT2D eigenvalue weighted by Gasteiger charge is 2.43. The van der Waals surface area contributed by atoms with Crippen LogP contribution in [-0.2, 0) is 9.16 Å². The summed E-state index contributed by atoms with van der Waals surface area (Å²) in [6.45, 7) is 11.0. The Morgan fingerprint density at radius 3 is 2.44 bits per heavy atom. The molecule has 1 aliphatic rings. The maximum atomic E-state index is 9.21. The van der Waals surface area contributed by atoms with Crippen LogP contribution >= 0.6 is 0 Å². The van der Waals surface area contributed by atoms with Gasteiger partial charge in [0.1, 0.15) is 14.0 Å². The summed E-state index contributed by atoms with van der Waals surface area (Å²) in [6, 6.07) is -0.299. The summed E-state index contributed by atoms with van der Waals surface area (Å²) in [5.41, 5.74) is 0. The van der Waals surface area contributed by atoms with Crippen LogP contribution < -0.4 is 0 Å². The molecule has 0 aliphatic carbocycles. The molecule has 0 unspecified atom stereocenters. The van der Waals surface area contributed by atoms with Gasteiger partial charge in [0.2, 0.25) is 0 Å². The second kappa shape index (κ2) is 4.80. The summed E-state index contributed by atoms with van der Waals surface area (Å²) in [7, 11) is 3.92. The van der Waals surface area contributed by atoms with Gasteiger partial charge in [0.05, 0.1) is 12.7 Å². The fraction of sp³-hybridized carbons (Fsp3) is 1.00. The first-order valence-corrected chi connectivity index (χ1v) is 8.78. The average Bonchev–Trinajstić information content (AvgIpc) is 2.43. The molecule has 2 radical (unpaired) electrons. The lowest BCUT2D eigenvalue weighted by Gasteiger charge is -2.39. The SMILES string of the molecule is [B][C@H]1C[C@@H](O[Si](C)(C)C(C)(C)C)[C@@H](CO)O1. The van der Waals surface area contributed by atoms with Gasteiger partial charge in [-0.05, 0) is 24.6 Å². The Morgan fingerprint density at radius 2 is 2.00 bits per heavy atom. The highest BCUT2D eigenvalue weighted by Crippen LogP contribution is 2.39. The van der Waals surface area contributed by atoms with Crippen molar-refractivity contribution in [3.8, 4) is 0 Å². The van der Waals surface area contributed by atoms with Gasteiger partial charge in [-0.15, -0.1) is 0 Å². The van der Waals surface area contributed by atoms with E-state index in [1.165, 1.54) is 0 Å². The summed E-state index contributed by atoms with van der Waals surface area (Å²) in [6.07, 6.45) is 0.364. The third-order valence-corrected chi connectivity index (χ3v) is 8.17. The molecule has 1 heterocycles. The Labute approximate surface area is 101 Å². The van der Waals surface area contributed by atoms with Crippen LogP contribution in [0.25, 0.3) is 0 Å². The molecule has 0 aromatic heterocycles. The van der Waals surface area contributed by atoms with Crippen LogP contribution in [0.5, 0.6) is 0 Å². The minimum atomic E-state index is -1.80. The van der Waals surface area contributed by atoms with Crippen molar-refractivity contribution in [2.24, 2.45) is 0 Å². The van der Waals surface area contributed by atoms with E-state index >= 15 is 0 Å². The summed E-state index contributed by atoms with van der Waals surface area (Å²) in [5, 5.41) is 9.38. The van der Waals surface area contributed by atoms with Crippen LogP contribution in [0, 0.1) is 0 Å². The highest BCUT2D eigenvalue weighted by atomic mass is 28.4. The number of ether oxygens (including phenoxy) is 1. The van der Waals surface area contributed by atoms with Crippen LogP contribution in [0.4, 0.5) is 0 Å². The summed E-state index contributed by atoms with van der Waals surface area (Å²) >= 11 is 0. The maximum Gasteiger partial charge on any atom is 0.192 e. The van der Waals surface area contributed by atoms with Crippen molar-refractivity contribution in [1.29, 1.82) is 0 Å². The van der Waals surface area contributed by atoms with Crippen LogP contribution in [-0.4, -0.2) is 46.1 Å². The van der Waals surface area contributed by atoms with Crippen LogP contribution in [0.1, 0.15) is 27.2 Å². The van der Waals surface area contributed by atoms with E-state index < -0.39 is 8.32 Å². The molecule has 3 nitrogen and oxygen atoms in total. The van der Waals surface area contributed by atoms with Gasteiger partial charge in [0, 0.05) is 6.00 Å². The Morgan fingerprint density at radius 1 is 1.44 bits per heavy atom. The fourth-order valence-electron chi connectivity index (χ4n) is 1.59. The van der Waals surface area contributed by atoms with E-state index in [1.807, 2.05) is 0 Å².